The molecule has 2 aromatic carbocycles. The van der Waals surface area contributed by atoms with Gasteiger partial charge in [0.25, 0.3) is 5.91 Å². The maximum atomic E-state index is 13.8. The maximum absolute atomic E-state index is 13.8. The quantitative estimate of drug-likeness (QED) is 0.550. The third-order valence-corrected chi connectivity index (χ3v) is 4.72. The van der Waals surface area contributed by atoms with Crippen LogP contribution in [-0.2, 0) is 0 Å². The van der Waals surface area contributed by atoms with E-state index in [-0.39, 0.29) is 5.56 Å². The van der Waals surface area contributed by atoms with Crippen molar-refractivity contribution in [1.29, 1.82) is 0 Å². The number of benzene rings is 2. The summed E-state index contributed by atoms with van der Waals surface area (Å²) in [7, 11) is 0. The van der Waals surface area contributed by atoms with Crippen molar-refractivity contribution in [2.24, 2.45) is 0 Å². The second-order valence-electron chi connectivity index (χ2n) is 6.75. The van der Waals surface area contributed by atoms with Gasteiger partial charge in [0, 0.05) is 18.0 Å². The summed E-state index contributed by atoms with van der Waals surface area (Å²) in [4.78, 5) is 16.9. The average Bonchev–Trinajstić information content (AvgIpc) is 3.18. The molecule has 6 nitrogen and oxygen atoms in total. The van der Waals surface area contributed by atoms with Crippen LogP contribution in [0.2, 0.25) is 0 Å². The van der Waals surface area contributed by atoms with Gasteiger partial charge in [-0.05, 0) is 48.5 Å². The van der Waals surface area contributed by atoms with Crippen LogP contribution in [0.25, 0.3) is 16.9 Å². The Labute approximate surface area is 169 Å². The fourth-order valence-corrected chi connectivity index (χ4v) is 3.28. The second-order valence-corrected chi connectivity index (χ2v) is 6.75. The second kappa shape index (κ2) is 7.14. The Morgan fingerprint density at radius 2 is 1.80 bits per heavy atom. The Morgan fingerprint density at radius 3 is 2.67 bits per heavy atom. The Morgan fingerprint density at radius 1 is 0.967 bits per heavy atom. The molecule has 0 bridgehead atoms. The lowest BCUT2D eigenvalue weighted by atomic mass is 10.1. The highest BCUT2D eigenvalue weighted by molar-refractivity contribution is 6.04. The topological polar surface area (TPSA) is 64.9 Å². The zero-order valence-corrected chi connectivity index (χ0v) is 15.6. The summed E-state index contributed by atoms with van der Waals surface area (Å²) in [6, 6.07) is 11.7. The minimum absolute atomic E-state index is 0.363. The van der Waals surface area contributed by atoms with Gasteiger partial charge >= 0.3 is 0 Å². The van der Waals surface area contributed by atoms with E-state index in [1.54, 1.807) is 28.9 Å². The summed E-state index contributed by atoms with van der Waals surface area (Å²) in [6.07, 6.45) is 3.46. The molecule has 30 heavy (non-hydrogen) atoms. The van der Waals surface area contributed by atoms with Crippen molar-refractivity contribution in [1.82, 2.24) is 9.38 Å². The number of ether oxygens (including phenoxy) is 2. The largest absolute Gasteiger partial charge is 0.486 e. The molecule has 0 fully saturated rings. The number of hydrogen-bond acceptors (Lipinski definition) is 4. The molecule has 2 aromatic heterocycles. The number of imidazole rings is 1. The van der Waals surface area contributed by atoms with Gasteiger partial charge in [-0.1, -0.05) is 0 Å². The first-order valence-corrected chi connectivity index (χ1v) is 9.22. The molecule has 0 radical (unpaired) electrons. The van der Waals surface area contributed by atoms with Gasteiger partial charge in [0.2, 0.25) is 0 Å². The van der Waals surface area contributed by atoms with Gasteiger partial charge in [-0.25, -0.2) is 13.8 Å². The standard InChI is InChI=1S/C22H15F2N3O3/c23-14-2-4-17(24)16(10-14)22(28)25-15-3-6-21-26-18(12-27(21)11-15)13-1-5-19-20(9-13)30-8-7-29-19/h1-6,9-12H,7-8H2,(H,25,28). The lowest BCUT2D eigenvalue weighted by Gasteiger charge is -2.18. The summed E-state index contributed by atoms with van der Waals surface area (Å²) < 4.78 is 40.1. The average molecular weight is 407 g/mol. The van der Waals surface area contributed by atoms with Crippen LogP contribution in [0.4, 0.5) is 14.5 Å². The molecule has 4 aromatic rings. The number of fused-ring (bicyclic) bond motifs is 2. The number of carbonyl (C=O) groups excluding carboxylic acids is 1. The van der Waals surface area contributed by atoms with Gasteiger partial charge in [0.15, 0.2) is 11.5 Å². The zero-order valence-electron chi connectivity index (χ0n) is 15.6. The fourth-order valence-electron chi connectivity index (χ4n) is 3.28. The van der Waals surface area contributed by atoms with Crippen molar-refractivity contribution >= 4 is 17.2 Å². The normalized spacial score (nSPS) is 12.7. The molecule has 0 atom stereocenters. The predicted octanol–water partition coefficient (Wildman–Crippen LogP) is 4.30. The summed E-state index contributed by atoms with van der Waals surface area (Å²) >= 11 is 0. The first-order valence-electron chi connectivity index (χ1n) is 9.22. The highest BCUT2D eigenvalue weighted by Gasteiger charge is 2.15. The summed E-state index contributed by atoms with van der Waals surface area (Å²) in [5, 5.41) is 2.58. The number of halogens is 2. The Bertz CT molecular complexity index is 1290. The van der Waals surface area contributed by atoms with E-state index in [9.17, 15) is 13.6 Å². The van der Waals surface area contributed by atoms with Crippen molar-refractivity contribution in [3.8, 4) is 22.8 Å². The molecule has 1 aliphatic rings. The molecule has 1 aliphatic heterocycles. The molecule has 0 unspecified atom stereocenters. The number of carbonyl (C=O) groups is 1. The third kappa shape index (κ3) is 3.32. The third-order valence-electron chi connectivity index (χ3n) is 4.72. The predicted molar refractivity (Wildman–Crippen MR) is 106 cm³/mol. The van der Waals surface area contributed by atoms with E-state index in [1.807, 2.05) is 18.2 Å². The van der Waals surface area contributed by atoms with E-state index in [0.29, 0.717) is 41.7 Å². The highest BCUT2D eigenvalue weighted by Crippen LogP contribution is 2.34. The van der Waals surface area contributed by atoms with Crippen LogP contribution in [0.3, 0.4) is 0 Å². The van der Waals surface area contributed by atoms with Gasteiger partial charge in [0.05, 0.1) is 16.9 Å². The van der Waals surface area contributed by atoms with Crippen molar-refractivity contribution < 1.29 is 23.0 Å². The fraction of sp³-hybridized carbons (Fsp3) is 0.0909. The van der Waals surface area contributed by atoms with Crippen LogP contribution in [-0.4, -0.2) is 28.5 Å². The first kappa shape index (κ1) is 18.1. The Kier molecular flexibility index (Phi) is 4.31. The molecule has 0 spiro atoms. The number of nitrogens with zero attached hydrogens (tertiary/aromatic N) is 2. The van der Waals surface area contributed by atoms with Crippen LogP contribution in [0.1, 0.15) is 10.4 Å². The van der Waals surface area contributed by atoms with Crippen molar-refractivity contribution in [3.05, 3.63) is 78.1 Å². The molecule has 8 heteroatoms. The Balaban J connectivity index is 1.43. The molecule has 150 valence electrons. The minimum atomic E-state index is -0.793. The lowest BCUT2D eigenvalue weighted by molar-refractivity contribution is 0.102. The molecule has 0 saturated heterocycles. The van der Waals surface area contributed by atoms with E-state index in [0.717, 1.165) is 23.8 Å². The molecule has 1 amide bonds. The van der Waals surface area contributed by atoms with Crippen LogP contribution in [0.15, 0.2) is 60.9 Å². The number of pyridine rings is 1. The van der Waals surface area contributed by atoms with E-state index in [1.165, 1.54) is 0 Å². The first-order chi connectivity index (χ1) is 14.6. The summed E-state index contributed by atoms with van der Waals surface area (Å²) in [5.74, 6) is -0.850. The number of aromatic nitrogens is 2. The smallest absolute Gasteiger partial charge is 0.258 e. The molecule has 0 aliphatic carbocycles. The minimum Gasteiger partial charge on any atom is -0.486 e. The number of rotatable bonds is 3. The van der Waals surface area contributed by atoms with Gasteiger partial charge in [-0.2, -0.15) is 0 Å². The van der Waals surface area contributed by atoms with Crippen molar-refractivity contribution in [2.45, 2.75) is 0 Å². The summed E-state index contributed by atoms with van der Waals surface area (Å²) in [5.41, 5.74) is 2.29. The number of amides is 1. The van der Waals surface area contributed by atoms with Gasteiger partial charge in [-0.15, -0.1) is 0 Å². The Hall–Kier alpha value is -3.94. The molecular weight excluding hydrogens is 392 g/mol. The summed E-state index contributed by atoms with van der Waals surface area (Å²) in [6.45, 7) is 1.02. The number of nitrogens with one attached hydrogen (secondary N) is 1. The van der Waals surface area contributed by atoms with Crippen LogP contribution in [0, 0.1) is 11.6 Å². The monoisotopic (exact) mass is 407 g/mol. The lowest BCUT2D eigenvalue weighted by Crippen LogP contribution is -2.15. The number of hydrogen-bond donors (Lipinski definition) is 1. The van der Waals surface area contributed by atoms with E-state index in [4.69, 9.17) is 9.47 Å². The van der Waals surface area contributed by atoms with E-state index < -0.39 is 17.5 Å². The van der Waals surface area contributed by atoms with E-state index >= 15 is 0 Å². The SMILES string of the molecule is O=C(Nc1ccc2nc(-c3ccc4c(c3)OCCO4)cn2c1)c1cc(F)ccc1F. The zero-order chi connectivity index (χ0) is 20.7. The van der Waals surface area contributed by atoms with Crippen LogP contribution in [0.5, 0.6) is 11.5 Å². The molecular formula is C22H15F2N3O3. The molecule has 1 N–H and O–H groups in total. The highest BCUT2D eigenvalue weighted by atomic mass is 19.1. The molecule has 5 rings (SSSR count). The van der Waals surface area contributed by atoms with Crippen LogP contribution < -0.4 is 14.8 Å². The van der Waals surface area contributed by atoms with Crippen LogP contribution >= 0.6 is 0 Å². The molecule has 0 saturated carbocycles. The van der Waals surface area contributed by atoms with E-state index in [2.05, 4.69) is 10.3 Å². The van der Waals surface area contributed by atoms with Gasteiger partial charge in [-0.3, -0.25) is 4.79 Å². The molecule has 3 heterocycles. The van der Waals surface area contributed by atoms with Crippen molar-refractivity contribution in [2.75, 3.05) is 18.5 Å². The van der Waals surface area contributed by atoms with Gasteiger partial charge < -0.3 is 19.2 Å². The van der Waals surface area contributed by atoms with Crippen molar-refractivity contribution in [3.63, 3.8) is 0 Å². The number of anilines is 1. The maximum Gasteiger partial charge on any atom is 0.258 e. The van der Waals surface area contributed by atoms with Gasteiger partial charge in [0.1, 0.15) is 30.5 Å².